The minimum atomic E-state index is -4.47. The molecule has 146 valence electrons. The van der Waals surface area contributed by atoms with Crippen LogP contribution in [0.5, 0.6) is 0 Å². The molecular weight excluding hydrogens is 372 g/mol. The minimum absolute atomic E-state index is 0.0784. The van der Waals surface area contributed by atoms with Gasteiger partial charge in [0, 0.05) is 18.3 Å². The molecule has 0 bridgehead atoms. The zero-order valence-electron chi connectivity index (χ0n) is 15.0. The molecule has 0 aliphatic carbocycles. The predicted octanol–water partition coefficient (Wildman–Crippen LogP) is 5.34. The molecule has 0 spiro atoms. The summed E-state index contributed by atoms with van der Waals surface area (Å²) in [5, 5.41) is 5.76. The second-order valence-electron chi connectivity index (χ2n) is 6.19. The molecule has 3 rings (SSSR count). The summed E-state index contributed by atoms with van der Waals surface area (Å²) < 4.78 is 52.4. The van der Waals surface area contributed by atoms with Gasteiger partial charge >= 0.3 is 6.18 Å². The molecule has 0 saturated heterocycles. The second-order valence-corrected chi connectivity index (χ2v) is 6.19. The molecule has 1 heterocycles. The number of hydrogen-bond donors (Lipinski definition) is 2. The zero-order valence-corrected chi connectivity index (χ0v) is 15.0. The molecule has 0 aliphatic heterocycles. The highest BCUT2D eigenvalue weighted by Gasteiger charge is 2.33. The van der Waals surface area contributed by atoms with Gasteiger partial charge in [-0.1, -0.05) is 24.3 Å². The highest BCUT2D eigenvalue weighted by molar-refractivity contribution is 5.62. The lowest BCUT2D eigenvalue weighted by Gasteiger charge is -2.15. The molecule has 8 heteroatoms. The number of halogens is 4. The average molecular weight is 390 g/mol. The van der Waals surface area contributed by atoms with E-state index in [0.717, 1.165) is 11.6 Å². The Labute approximate surface area is 159 Å². The number of anilines is 3. The minimum Gasteiger partial charge on any atom is -0.354 e. The van der Waals surface area contributed by atoms with Gasteiger partial charge in [0.05, 0.1) is 11.3 Å². The molecule has 0 saturated carbocycles. The number of rotatable bonds is 6. The Morgan fingerprint density at radius 2 is 1.68 bits per heavy atom. The van der Waals surface area contributed by atoms with Gasteiger partial charge < -0.3 is 10.6 Å². The van der Waals surface area contributed by atoms with Crippen LogP contribution < -0.4 is 10.6 Å². The van der Waals surface area contributed by atoms with E-state index in [2.05, 4.69) is 20.6 Å². The van der Waals surface area contributed by atoms with Gasteiger partial charge in [-0.05, 0) is 43.2 Å². The van der Waals surface area contributed by atoms with Crippen molar-refractivity contribution in [2.45, 2.75) is 19.5 Å². The van der Waals surface area contributed by atoms with Crippen molar-refractivity contribution >= 4 is 17.5 Å². The molecule has 0 amide bonds. The van der Waals surface area contributed by atoms with Crippen LogP contribution in [0, 0.1) is 12.7 Å². The Bertz CT molecular complexity index is 940. The van der Waals surface area contributed by atoms with Gasteiger partial charge in [0.25, 0.3) is 0 Å². The van der Waals surface area contributed by atoms with Crippen molar-refractivity contribution in [1.29, 1.82) is 0 Å². The highest BCUT2D eigenvalue weighted by Crippen LogP contribution is 2.35. The fourth-order valence-electron chi connectivity index (χ4n) is 2.66. The maximum absolute atomic E-state index is 13.2. The van der Waals surface area contributed by atoms with Crippen molar-refractivity contribution in [2.24, 2.45) is 0 Å². The first-order valence-electron chi connectivity index (χ1n) is 8.58. The van der Waals surface area contributed by atoms with Crippen molar-refractivity contribution in [1.82, 2.24) is 9.97 Å². The number of nitrogens with zero attached hydrogens (tertiary/aromatic N) is 2. The number of nitrogens with one attached hydrogen (secondary N) is 2. The van der Waals surface area contributed by atoms with E-state index in [1.165, 1.54) is 30.3 Å². The van der Waals surface area contributed by atoms with Gasteiger partial charge in [0.1, 0.15) is 11.6 Å². The van der Waals surface area contributed by atoms with Crippen molar-refractivity contribution in [2.75, 3.05) is 17.2 Å². The summed E-state index contributed by atoms with van der Waals surface area (Å²) in [6.45, 7) is 2.22. The lowest BCUT2D eigenvalue weighted by molar-refractivity contribution is -0.136. The van der Waals surface area contributed by atoms with E-state index in [1.807, 2.05) is 0 Å². The first-order chi connectivity index (χ1) is 13.3. The zero-order chi connectivity index (χ0) is 20.1. The Morgan fingerprint density at radius 1 is 0.964 bits per heavy atom. The Balaban J connectivity index is 1.71. The lowest BCUT2D eigenvalue weighted by Crippen LogP contribution is -2.11. The van der Waals surface area contributed by atoms with E-state index in [9.17, 15) is 17.6 Å². The molecule has 0 fully saturated rings. The maximum atomic E-state index is 13.2. The van der Waals surface area contributed by atoms with Gasteiger partial charge in [0.2, 0.25) is 5.95 Å². The summed E-state index contributed by atoms with van der Waals surface area (Å²) in [5.74, 6) is 0.260. The molecule has 4 nitrogen and oxygen atoms in total. The third-order valence-corrected chi connectivity index (χ3v) is 3.96. The SMILES string of the molecule is Cc1cc(Nc2ccccc2C(F)(F)F)nc(NCCc2ccc(F)cc2)n1. The fourth-order valence-corrected chi connectivity index (χ4v) is 2.66. The molecule has 0 aliphatic rings. The molecule has 2 N–H and O–H groups in total. The largest absolute Gasteiger partial charge is 0.418 e. The number of aromatic nitrogens is 2. The van der Waals surface area contributed by atoms with E-state index in [1.54, 1.807) is 25.1 Å². The fraction of sp³-hybridized carbons (Fsp3) is 0.200. The molecular formula is C20H18F4N4. The molecule has 2 aromatic carbocycles. The summed E-state index contributed by atoms with van der Waals surface area (Å²) >= 11 is 0. The summed E-state index contributed by atoms with van der Waals surface area (Å²) in [6, 6.07) is 12.9. The van der Waals surface area contributed by atoms with Crippen LogP contribution in [0.25, 0.3) is 0 Å². The lowest BCUT2D eigenvalue weighted by atomic mass is 10.1. The number of para-hydroxylation sites is 1. The predicted molar refractivity (Wildman–Crippen MR) is 100 cm³/mol. The Morgan fingerprint density at radius 3 is 2.39 bits per heavy atom. The Kier molecular flexibility index (Phi) is 5.77. The van der Waals surface area contributed by atoms with Crippen molar-refractivity contribution < 1.29 is 17.6 Å². The van der Waals surface area contributed by atoms with Gasteiger partial charge in [0.15, 0.2) is 0 Å². The smallest absolute Gasteiger partial charge is 0.354 e. The summed E-state index contributed by atoms with van der Waals surface area (Å²) in [5.41, 5.74) is 0.702. The first kappa shape index (κ1) is 19.6. The van der Waals surface area contributed by atoms with Crippen molar-refractivity contribution in [3.05, 3.63) is 77.2 Å². The molecule has 0 atom stereocenters. The van der Waals surface area contributed by atoms with Crippen LogP contribution in [-0.4, -0.2) is 16.5 Å². The van der Waals surface area contributed by atoms with Crippen LogP contribution in [0.2, 0.25) is 0 Å². The number of alkyl halides is 3. The first-order valence-corrected chi connectivity index (χ1v) is 8.58. The third kappa shape index (κ3) is 5.18. The topological polar surface area (TPSA) is 49.8 Å². The molecule has 28 heavy (non-hydrogen) atoms. The highest BCUT2D eigenvalue weighted by atomic mass is 19.4. The van der Waals surface area contributed by atoms with Crippen molar-refractivity contribution in [3.8, 4) is 0 Å². The second kappa shape index (κ2) is 8.24. The van der Waals surface area contributed by atoms with E-state index < -0.39 is 11.7 Å². The number of hydrogen-bond acceptors (Lipinski definition) is 4. The van der Waals surface area contributed by atoms with Crippen LogP contribution in [0.4, 0.5) is 35.0 Å². The van der Waals surface area contributed by atoms with E-state index >= 15 is 0 Å². The molecule has 3 aromatic rings. The van der Waals surface area contributed by atoms with Crippen molar-refractivity contribution in [3.63, 3.8) is 0 Å². The summed E-state index contributed by atoms with van der Waals surface area (Å²) in [6.07, 6.45) is -3.85. The normalized spacial score (nSPS) is 11.3. The molecule has 0 unspecified atom stereocenters. The maximum Gasteiger partial charge on any atom is 0.418 e. The van der Waals surface area contributed by atoms with Gasteiger partial charge in [-0.3, -0.25) is 0 Å². The van der Waals surface area contributed by atoms with E-state index in [0.29, 0.717) is 24.6 Å². The van der Waals surface area contributed by atoms with Gasteiger partial charge in [-0.2, -0.15) is 18.2 Å². The van der Waals surface area contributed by atoms with E-state index in [-0.39, 0.29) is 17.3 Å². The van der Waals surface area contributed by atoms with Crippen LogP contribution in [0.15, 0.2) is 54.6 Å². The number of benzene rings is 2. The van der Waals surface area contributed by atoms with Crippen LogP contribution in [0.3, 0.4) is 0 Å². The standard InChI is InChI=1S/C20H18F4N4/c1-13-12-18(27-17-5-3-2-4-16(17)20(22,23)24)28-19(26-13)25-11-10-14-6-8-15(21)9-7-14/h2-9,12H,10-11H2,1H3,(H2,25,26,27,28). The number of aryl methyl sites for hydroxylation is 1. The quantitative estimate of drug-likeness (QED) is 0.558. The van der Waals surface area contributed by atoms with E-state index in [4.69, 9.17) is 0 Å². The average Bonchev–Trinajstić information content (AvgIpc) is 2.62. The van der Waals surface area contributed by atoms with Crippen LogP contribution in [-0.2, 0) is 12.6 Å². The Hall–Kier alpha value is -3.16. The van der Waals surface area contributed by atoms with Gasteiger partial charge in [-0.15, -0.1) is 0 Å². The summed E-state index contributed by atoms with van der Waals surface area (Å²) in [7, 11) is 0. The summed E-state index contributed by atoms with van der Waals surface area (Å²) in [4.78, 5) is 8.48. The third-order valence-electron chi connectivity index (χ3n) is 3.96. The van der Waals surface area contributed by atoms with Crippen LogP contribution >= 0.6 is 0 Å². The van der Waals surface area contributed by atoms with Gasteiger partial charge in [-0.25, -0.2) is 9.37 Å². The molecule has 1 aromatic heterocycles. The monoisotopic (exact) mass is 390 g/mol. The van der Waals surface area contributed by atoms with Crippen LogP contribution in [0.1, 0.15) is 16.8 Å². The molecule has 0 radical (unpaired) electrons.